The molecule has 0 spiro atoms. The first-order chi connectivity index (χ1) is 22.5. The van der Waals surface area contributed by atoms with Crippen LogP contribution in [-0.2, 0) is 48.8 Å². The van der Waals surface area contributed by atoms with Crippen LogP contribution in [0.5, 0.6) is 0 Å². The number of aromatic nitrogens is 2. The Hall–Kier alpha value is -2.46. The van der Waals surface area contributed by atoms with Gasteiger partial charge in [0.15, 0.2) is 0 Å². The lowest BCUT2D eigenvalue weighted by atomic mass is 9.85. The van der Waals surface area contributed by atoms with Crippen molar-refractivity contribution in [2.24, 2.45) is 11.7 Å². The van der Waals surface area contributed by atoms with Crippen molar-refractivity contribution >= 4 is 42.9 Å². The lowest BCUT2D eigenvalue weighted by Crippen LogP contribution is -2.37. The Balaban J connectivity index is 1.31. The Labute approximate surface area is 279 Å². The average Bonchev–Trinajstić information content (AvgIpc) is 3.64. The maximum atomic E-state index is 14.1. The van der Waals surface area contributed by atoms with Crippen molar-refractivity contribution in [1.29, 1.82) is 0 Å². The van der Waals surface area contributed by atoms with Crippen molar-refractivity contribution < 1.29 is 51.8 Å². The standard InChI is InChI=1S/C29H47ClN5O11P/c1-17(2)44-28(36)41-12-19-5-7-23(19)47(38,43-15-42-29(37)45-18(3)4)16-40-14-21-6-8-24(46-21)33-26-22(11-31)25(34-27(30)35-26)32-20-9-10-39-13-20/h17-21,23-24H,5-16,31H2,1-4H3,(H2,32,33,34,35)/t19?,20-,21?,23?,24?,47?/m0/s1. The number of hydrogen-bond acceptors (Lipinski definition) is 16. The van der Waals surface area contributed by atoms with Gasteiger partial charge in [-0.1, -0.05) is 0 Å². The van der Waals surface area contributed by atoms with Gasteiger partial charge in [-0.05, 0) is 71.4 Å². The van der Waals surface area contributed by atoms with Crippen LogP contribution in [0.2, 0.25) is 5.28 Å². The van der Waals surface area contributed by atoms with E-state index >= 15 is 0 Å². The fourth-order valence-electron chi connectivity index (χ4n) is 5.41. The van der Waals surface area contributed by atoms with Gasteiger partial charge in [-0.2, -0.15) is 0 Å². The molecule has 4 rings (SSSR count). The van der Waals surface area contributed by atoms with Gasteiger partial charge in [0.2, 0.25) is 19.4 Å². The van der Waals surface area contributed by atoms with Gasteiger partial charge in [-0.25, -0.2) is 19.6 Å². The molecule has 16 nitrogen and oxygen atoms in total. The number of ether oxygens (including phenoxy) is 7. The Morgan fingerprint density at radius 2 is 1.68 bits per heavy atom. The van der Waals surface area contributed by atoms with Crippen LogP contribution in [0.1, 0.15) is 65.4 Å². The zero-order chi connectivity index (χ0) is 34.0. The molecule has 6 atom stereocenters. The van der Waals surface area contributed by atoms with Crippen molar-refractivity contribution in [3.63, 3.8) is 0 Å². The predicted molar refractivity (Wildman–Crippen MR) is 170 cm³/mol. The highest BCUT2D eigenvalue weighted by atomic mass is 35.5. The molecule has 1 aromatic heterocycles. The van der Waals surface area contributed by atoms with E-state index in [0.717, 1.165) is 6.42 Å². The molecule has 2 aliphatic heterocycles. The lowest BCUT2D eigenvalue weighted by molar-refractivity contribution is -0.0174. The van der Waals surface area contributed by atoms with Crippen molar-refractivity contribution in [3.05, 3.63) is 10.8 Å². The summed E-state index contributed by atoms with van der Waals surface area (Å²) in [5.74, 6) is 0.794. The van der Waals surface area contributed by atoms with Crippen LogP contribution in [0.4, 0.5) is 21.2 Å². The number of hydrogen-bond donors (Lipinski definition) is 3. The van der Waals surface area contributed by atoms with Gasteiger partial charge in [-0.15, -0.1) is 0 Å². The molecule has 1 aliphatic carbocycles. The van der Waals surface area contributed by atoms with E-state index in [9.17, 15) is 14.2 Å². The molecule has 2 saturated heterocycles. The third kappa shape index (κ3) is 11.3. The number of nitrogens with two attached hydrogens (primary N) is 1. The number of nitrogens with one attached hydrogen (secondary N) is 2. The fraction of sp³-hybridized carbons (Fsp3) is 0.793. The molecule has 266 valence electrons. The number of halogens is 1. The Kier molecular flexibility index (Phi) is 14.1. The summed E-state index contributed by atoms with van der Waals surface area (Å²) in [5, 5.41) is 6.69. The van der Waals surface area contributed by atoms with Crippen LogP contribution in [0, 0.1) is 5.92 Å². The SMILES string of the molecule is CC(C)OC(=O)OCOP(=O)(COCC1CCC(Nc2nc(Cl)nc(N[C@H]3CCOC3)c2CN)O1)C1CCC1COC(=O)OC(C)C. The summed E-state index contributed by atoms with van der Waals surface area (Å²) in [6, 6.07) is 0.105. The van der Waals surface area contributed by atoms with Crippen LogP contribution in [0.3, 0.4) is 0 Å². The van der Waals surface area contributed by atoms with E-state index in [1.54, 1.807) is 27.7 Å². The van der Waals surface area contributed by atoms with Crippen LogP contribution in [-0.4, -0.2) is 98.1 Å². The van der Waals surface area contributed by atoms with E-state index in [1.165, 1.54) is 0 Å². The number of carbonyl (C=O) groups excluding carboxylic acids is 2. The maximum Gasteiger partial charge on any atom is 0.510 e. The summed E-state index contributed by atoms with van der Waals surface area (Å²) >= 11 is 6.23. The van der Waals surface area contributed by atoms with Gasteiger partial charge in [0.05, 0.1) is 49.7 Å². The van der Waals surface area contributed by atoms with Crippen LogP contribution in [0.15, 0.2) is 0 Å². The smallest absolute Gasteiger partial charge is 0.434 e. The first-order valence-electron chi connectivity index (χ1n) is 16.0. The molecular formula is C29H47ClN5O11P. The quantitative estimate of drug-likeness (QED) is 0.0859. The number of rotatable bonds is 17. The van der Waals surface area contributed by atoms with Gasteiger partial charge in [0, 0.05) is 24.7 Å². The molecule has 3 heterocycles. The molecule has 18 heteroatoms. The second kappa shape index (κ2) is 17.8. The average molecular weight is 708 g/mol. The summed E-state index contributed by atoms with van der Waals surface area (Å²) < 4.78 is 57.5. The highest BCUT2D eigenvalue weighted by molar-refractivity contribution is 7.59. The summed E-state index contributed by atoms with van der Waals surface area (Å²) in [5.41, 5.74) is 6.28. The lowest BCUT2D eigenvalue weighted by Gasteiger charge is -2.40. The van der Waals surface area contributed by atoms with Crippen LogP contribution < -0.4 is 16.4 Å². The third-order valence-corrected chi connectivity index (χ3v) is 10.8. The second-order valence-electron chi connectivity index (χ2n) is 12.2. The third-order valence-electron chi connectivity index (χ3n) is 7.84. The molecule has 4 N–H and O–H groups in total. The highest BCUT2D eigenvalue weighted by Crippen LogP contribution is 2.61. The van der Waals surface area contributed by atoms with E-state index < -0.39 is 38.4 Å². The molecule has 0 aromatic carbocycles. The largest absolute Gasteiger partial charge is 0.510 e. The van der Waals surface area contributed by atoms with Crippen molar-refractivity contribution in [2.75, 3.05) is 50.2 Å². The number of anilines is 2. The molecule has 1 saturated carbocycles. The second-order valence-corrected chi connectivity index (χ2v) is 15.2. The molecule has 47 heavy (non-hydrogen) atoms. The summed E-state index contributed by atoms with van der Waals surface area (Å²) in [6.45, 7) is 7.78. The minimum atomic E-state index is -3.54. The molecule has 0 amide bonds. The fourth-order valence-corrected chi connectivity index (χ4v) is 8.05. The maximum absolute atomic E-state index is 14.1. The number of nitrogens with zero attached hydrogens (tertiary/aromatic N) is 2. The van der Waals surface area contributed by atoms with Gasteiger partial charge in [0.25, 0.3) is 0 Å². The first-order valence-corrected chi connectivity index (χ1v) is 18.2. The molecule has 1 aromatic rings. The van der Waals surface area contributed by atoms with Crippen molar-refractivity contribution in [1.82, 2.24) is 9.97 Å². The van der Waals surface area contributed by atoms with Gasteiger partial charge < -0.3 is 49.5 Å². The highest BCUT2D eigenvalue weighted by Gasteiger charge is 2.47. The molecule has 3 aliphatic rings. The van der Waals surface area contributed by atoms with E-state index in [-0.39, 0.29) is 61.7 Å². The molecule has 0 radical (unpaired) electrons. The molecular weight excluding hydrogens is 661 g/mol. The molecule has 5 unspecified atom stereocenters. The molecule has 3 fully saturated rings. The topological polar surface area (TPSA) is 201 Å². The van der Waals surface area contributed by atoms with Crippen molar-refractivity contribution in [3.8, 4) is 0 Å². The number of carbonyl (C=O) groups is 2. The van der Waals surface area contributed by atoms with E-state index in [0.29, 0.717) is 56.1 Å². The normalized spacial score (nSPS) is 25.2. The van der Waals surface area contributed by atoms with Crippen molar-refractivity contribution in [2.45, 2.75) is 103 Å². The minimum Gasteiger partial charge on any atom is -0.434 e. The summed E-state index contributed by atoms with van der Waals surface area (Å²) in [6.07, 6.45) is -0.0148. The van der Waals surface area contributed by atoms with Crippen LogP contribution >= 0.6 is 19.0 Å². The van der Waals surface area contributed by atoms with Gasteiger partial charge >= 0.3 is 12.3 Å². The Bertz CT molecular complexity index is 1240. The first kappa shape index (κ1) is 37.4. The predicted octanol–water partition coefficient (Wildman–Crippen LogP) is 4.83. The minimum absolute atomic E-state index is 0.0163. The molecule has 0 bridgehead atoms. The van der Waals surface area contributed by atoms with E-state index in [1.807, 2.05) is 0 Å². The Morgan fingerprint density at radius 1 is 0.979 bits per heavy atom. The van der Waals surface area contributed by atoms with E-state index in [4.69, 9.17) is 55.0 Å². The van der Waals surface area contributed by atoms with Gasteiger partial charge in [-0.3, -0.25) is 9.09 Å². The zero-order valence-corrected chi connectivity index (χ0v) is 29.0. The van der Waals surface area contributed by atoms with Crippen LogP contribution in [0.25, 0.3) is 0 Å². The Morgan fingerprint density at radius 3 is 2.30 bits per heavy atom. The zero-order valence-electron chi connectivity index (χ0n) is 27.3. The van der Waals surface area contributed by atoms with E-state index in [2.05, 4.69) is 20.6 Å². The monoisotopic (exact) mass is 707 g/mol. The van der Waals surface area contributed by atoms with Gasteiger partial charge in [0.1, 0.15) is 24.2 Å². The summed E-state index contributed by atoms with van der Waals surface area (Å²) in [4.78, 5) is 32.4. The summed E-state index contributed by atoms with van der Waals surface area (Å²) in [7, 11) is -3.54.